The summed E-state index contributed by atoms with van der Waals surface area (Å²) >= 11 is 0. The molecule has 0 bridgehead atoms. The van der Waals surface area contributed by atoms with E-state index in [9.17, 15) is 14.4 Å². The molecule has 1 aliphatic heterocycles. The maximum absolute atomic E-state index is 13.2. The number of nitrogens with one attached hydrogen (secondary N) is 1. The van der Waals surface area contributed by atoms with Crippen LogP contribution in [0.1, 0.15) is 73.3 Å². The minimum Gasteiger partial charge on any atom is -0.494 e. The molecule has 1 fully saturated rings. The van der Waals surface area contributed by atoms with Crippen LogP contribution in [0.2, 0.25) is 0 Å². The highest BCUT2D eigenvalue weighted by Crippen LogP contribution is 2.24. The molecule has 1 saturated heterocycles. The number of alkyl carbamates (subject to hydrolysis) is 1. The standard InChI is InChI=1S/C27H42N2O6/c1-8-9-14-33-22-12-10-20(11-13-22)16-21(28-25(31)35-27(5,6)7)15-19(4)24(30)29-23(18(2)3)17-34-26(29)32/h10-13,18-19,21,23H,8-9,14-17H2,1-7H3,(H,28,31)/t19-,21+,23+/m0/s1. The summed E-state index contributed by atoms with van der Waals surface area (Å²) in [7, 11) is 0. The molecule has 1 aromatic rings. The third kappa shape index (κ3) is 9.07. The van der Waals surface area contributed by atoms with Gasteiger partial charge >= 0.3 is 12.2 Å². The second kappa shape index (κ2) is 12.8. The Morgan fingerprint density at radius 1 is 1.17 bits per heavy atom. The Labute approximate surface area is 209 Å². The van der Waals surface area contributed by atoms with Crippen molar-refractivity contribution >= 4 is 18.1 Å². The number of hydrogen-bond acceptors (Lipinski definition) is 6. The molecule has 3 atom stereocenters. The molecule has 0 aliphatic carbocycles. The zero-order valence-corrected chi connectivity index (χ0v) is 22.3. The fraction of sp³-hybridized carbons (Fsp3) is 0.667. The van der Waals surface area contributed by atoms with E-state index in [-0.39, 0.29) is 30.5 Å². The highest BCUT2D eigenvalue weighted by atomic mass is 16.6. The first-order valence-corrected chi connectivity index (χ1v) is 12.6. The maximum Gasteiger partial charge on any atom is 0.416 e. The number of nitrogens with zero attached hydrogens (tertiary/aromatic N) is 1. The quantitative estimate of drug-likeness (QED) is 0.421. The molecule has 0 unspecified atom stereocenters. The van der Waals surface area contributed by atoms with Gasteiger partial charge in [-0.15, -0.1) is 0 Å². The van der Waals surface area contributed by atoms with E-state index in [4.69, 9.17) is 14.2 Å². The van der Waals surface area contributed by atoms with Gasteiger partial charge in [-0.3, -0.25) is 4.79 Å². The van der Waals surface area contributed by atoms with Crippen molar-refractivity contribution in [2.45, 2.75) is 91.8 Å². The second-order valence-electron chi connectivity index (χ2n) is 10.6. The number of hydrogen-bond donors (Lipinski definition) is 1. The number of cyclic esters (lactones) is 1. The smallest absolute Gasteiger partial charge is 0.416 e. The minimum atomic E-state index is -0.642. The van der Waals surface area contributed by atoms with E-state index >= 15 is 0 Å². The van der Waals surface area contributed by atoms with E-state index in [2.05, 4.69) is 12.2 Å². The monoisotopic (exact) mass is 490 g/mol. The summed E-state index contributed by atoms with van der Waals surface area (Å²) in [4.78, 5) is 39.2. The number of unbranched alkanes of at least 4 members (excludes halogenated alkanes) is 1. The first-order valence-electron chi connectivity index (χ1n) is 12.6. The maximum atomic E-state index is 13.2. The zero-order chi connectivity index (χ0) is 26.2. The van der Waals surface area contributed by atoms with Gasteiger partial charge in [0.1, 0.15) is 18.0 Å². The lowest BCUT2D eigenvalue weighted by Crippen LogP contribution is -2.47. The Hall–Kier alpha value is -2.77. The molecule has 196 valence electrons. The average molecular weight is 491 g/mol. The number of rotatable bonds is 11. The molecule has 3 amide bonds. The molecule has 0 aromatic heterocycles. The topological polar surface area (TPSA) is 94.2 Å². The lowest BCUT2D eigenvalue weighted by molar-refractivity contribution is -0.133. The summed E-state index contributed by atoms with van der Waals surface area (Å²) in [5, 5.41) is 2.92. The Morgan fingerprint density at radius 3 is 2.40 bits per heavy atom. The van der Waals surface area contributed by atoms with Crippen LogP contribution >= 0.6 is 0 Å². The molecule has 1 heterocycles. The predicted molar refractivity (Wildman–Crippen MR) is 134 cm³/mol. The van der Waals surface area contributed by atoms with Gasteiger partial charge in [0.05, 0.1) is 12.6 Å². The van der Waals surface area contributed by atoms with Gasteiger partial charge in [-0.25, -0.2) is 14.5 Å². The molecule has 0 spiro atoms. The van der Waals surface area contributed by atoms with E-state index in [0.717, 1.165) is 24.2 Å². The predicted octanol–water partition coefficient (Wildman–Crippen LogP) is 5.33. The van der Waals surface area contributed by atoms with Crippen molar-refractivity contribution in [1.29, 1.82) is 0 Å². The molecule has 0 saturated carbocycles. The van der Waals surface area contributed by atoms with Crippen molar-refractivity contribution < 1.29 is 28.6 Å². The van der Waals surface area contributed by atoms with Crippen LogP contribution in [0.3, 0.4) is 0 Å². The highest BCUT2D eigenvalue weighted by molar-refractivity contribution is 5.94. The summed E-state index contributed by atoms with van der Waals surface area (Å²) in [5.41, 5.74) is 0.353. The van der Waals surface area contributed by atoms with E-state index in [1.807, 2.05) is 38.1 Å². The SMILES string of the molecule is CCCCOc1ccc(C[C@@H](C[C@H](C)C(=O)N2C(=O)OC[C@@H]2C(C)C)NC(=O)OC(C)(C)C)cc1. The van der Waals surface area contributed by atoms with Crippen molar-refractivity contribution in [2.75, 3.05) is 13.2 Å². The zero-order valence-electron chi connectivity index (χ0n) is 22.3. The van der Waals surface area contributed by atoms with Crippen LogP contribution in [0.4, 0.5) is 9.59 Å². The number of carbonyl (C=O) groups is 3. The van der Waals surface area contributed by atoms with Crippen LogP contribution < -0.4 is 10.1 Å². The average Bonchev–Trinajstić information content (AvgIpc) is 3.14. The molecular formula is C27H42N2O6. The lowest BCUT2D eigenvalue weighted by atomic mass is 9.94. The van der Waals surface area contributed by atoms with Crippen LogP contribution in [0.15, 0.2) is 24.3 Å². The van der Waals surface area contributed by atoms with Crippen LogP contribution in [-0.4, -0.2) is 53.9 Å². The molecule has 35 heavy (non-hydrogen) atoms. The van der Waals surface area contributed by atoms with Gasteiger partial charge in [0.15, 0.2) is 0 Å². The van der Waals surface area contributed by atoms with Crippen molar-refractivity contribution in [3.8, 4) is 5.75 Å². The Balaban J connectivity index is 2.12. The Kier molecular flexibility index (Phi) is 10.4. The van der Waals surface area contributed by atoms with Gasteiger partial charge in [-0.05, 0) is 63.6 Å². The first kappa shape index (κ1) is 28.5. The van der Waals surface area contributed by atoms with Gasteiger partial charge < -0.3 is 19.5 Å². The molecule has 8 nitrogen and oxygen atoms in total. The van der Waals surface area contributed by atoms with Crippen molar-refractivity contribution in [3.63, 3.8) is 0 Å². The van der Waals surface area contributed by atoms with Gasteiger partial charge in [0.25, 0.3) is 0 Å². The van der Waals surface area contributed by atoms with Crippen LogP contribution in [0.5, 0.6) is 5.75 Å². The van der Waals surface area contributed by atoms with Crippen molar-refractivity contribution in [2.24, 2.45) is 11.8 Å². The second-order valence-corrected chi connectivity index (χ2v) is 10.6. The molecule has 8 heteroatoms. The summed E-state index contributed by atoms with van der Waals surface area (Å²) in [6.07, 6.45) is 1.78. The number of amides is 3. The minimum absolute atomic E-state index is 0.0892. The number of carbonyl (C=O) groups excluding carboxylic acids is 3. The first-order chi connectivity index (χ1) is 16.4. The van der Waals surface area contributed by atoms with E-state index in [1.54, 1.807) is 27.7 Å². The number of benzene rings is 1. The Morgan fingerprint density at radius 2 is 1.83 bits per heavy atom. The molecule has 2 rings (SSSR count). The molecule has 1 aliphatic rings. The largest absolute Gasteiger partial charge is 0.494 e. The van der Waals surface area contributed by atoms with E-state index < -0.39 is 23.7 Å². The van der Waals surface area contributed by atoms with Gasteiger partial charge in [0, 0.05) is 12.0 Å². The van der Waals surface area contributed by atoms with Crippen LogP contribution in [0, 0.1) is 11.8 Å². The van der Waals surface area contributed by atoms with E-state index in [0.29, 0.717) is 19.4 Å². The number of ether oxygens (including phenoxy) is 3. The highest BCUT2D eigenvalue weighted by Gasteiger charge is 2.41. The molecule has 1 N–H and O–H groups in total. The van der Waals surface area contributed by atoms with Crippen molar-refractivity contribution in [3.05, 3.63) is 29.8 Å². The fourth-order valence-corrected chi connectivity index (χ4v) is 3.95. The normalized spacial score (nSPS) is 17.7. The van der Waals surface area contributed by atoms with E-state index in [1.165, 1.54) is 4.90 Å². The summed E-state index contributed by atoms with van der Waals surface area (Å²) in [6.45, 7) is 14.1. The Bertz CT molecular complexity index is 846. The summed E-state index contributed by atoms with van der Waals surface area (Å²) < 4.78 is 16.3. The lowest BCUT2D eigenvalue weighted by Gasteiger charge is -2.28. The van der Waals surface area contributed by atoms with Crippen LogP contribution in [0.25, 0.3) is 0 Å². The summed E-state index contributed by atoms with van der Waals surface area (Å²) in [6, 6.07) is 7.10. The fourth-order valence-electron chi connectivity index (χ4n) is 3.95. The van der Waals surface area contributed by atoms with Gasteiger partial charge in [0.2, 0.25) is 5.91 Å². The summed E-state index contributed by atoms with van der Waals surface area (Å²) in [5.74, 6) is 0.0985. The number of imide groups is 1. The van der Waals surface area contributed by atoms with Crippen molar-refractivity contribution in [1.82, 2.24) is 10.2 Å². The van der Waals surface area contributed by atoms with Crippen LogP contribution in [-0.2, 0) is 20.7 Å². The molecule has 0 radical (unpaired) electrons. The van der Waals surface area contributed by atoms with Gasteiger partial charge in [-0.2, -0.15) is 0 Å². The molecule has 1 aromatic carbocycles. The molecular weight excluding hydrogens is 448 g/mol. The third-order valence-electron chi connectivity index (χ3n) is 5.87. The third-order valence-corrected chi connectivity index (χ3v) is 5.87. The van der Waals surface area contributed by atoms with Gasteiger partial charge in [-0.1, -0.05) is 46.2 Å².